The highest BCUT2D eigenvalue weighted by Gasteiger charge is 2.25. The van der Waals surface area contributed by atoms with Crippen molar-refractivity contribution in [2.24, 2.45) is 17.6 Å². The fraction of sp³-hybridized carbons (Fsp3) is 0.536. The standard InChI is InChI=1S/C28H42N2O5/c1-19(2)23(16-21-12-13-25(34-5)26(17-21)35-15-9-14-33-4)18-24(29)28(32)30-20(3)27(31)22-10-7-6-8-11-22/h6-8,10-13,17,19-20,23-24,27,31H,9,14-16,18,29H2,1-5H3,(H,30,32)/t20-,23+,24+,27+/m1/s1. The third-order valence-corrected chi connectivity index (χ3v) is 6.30. The summed E-state index contributed by atoms with van der Waals surface area (Å²) in [6.07, 6.45) is 1.29. The number of carbonyl (C=O) groups excluding carboxylic acids is 1. The van der Waals surface area contributed by atoms with Crippen molar-refractivity contribution in [1.29, 1.82) is 0 Å². The van der Waals surface area contributed by atoms with Crippen LogP contribution in [0.25, 0.3) is 0 Å². The molecule has 0 bridgehead atoms. The Bertz CT molecular complexity index is 890. The van der Waals surface area contributed by atoms with Crippen molar-refractivity contribution in [1.82, 2.24) is 5.32 Å². The molecule has 0 aromatic heterocycles. The first-order chi connectivity index (χ1) is 16.8. The maximum atomic E-state index is 12.8. The van der Waals surface area contributed by atoms with Crippen LogP contribution in [0.1, 0.15) is 50.8 Å². The molecule has 0 spiro atoms. The molecule has 0 heterocycles. The Hall–Kier alpha value is -2.61. The Labute approximate surface area is 210 Å². The molecule has 1 amide bonds. The number of amides is 1. The van der Waals surface area contributed by atoms with Crippen LogP contribution < -0.4 is 20.5 Å². The average Bonchev–Trinajstić information content (AvgIpc) is 2.86. The molecule has 2 aromatic rings. The summed E-state index contributed by atoms with van der Waals surface area (Å²) in [5.74, 6) is 1.66. The van der Waals surface area contributed by atoms with Gasteiger partial charge in [0.05, 0.1) is 31.9 Å². The van der Waals surface area contributed by atoms with Gasteiger partial charge in [-0.1, -0.05) is 50.2 Å². The van der Waals surface area contributed by atoms with Gasteiger partial charge in [0.15, 0.2) is 11.5 Å². The molecule has 0 aliphatic heterocycles. The van der Waals surface area contributed by atoms with Gasteiger partial charge in [0.2, 0.25) is 5.91 Å². The van der Waals surface area contributed by atoms with Crippen molar-refractivity contribution in [3.05, 3.63) is 59.7 Å². The molecule has 0 saturated carbocycles. The SMILES string of the molecule is COCCCOc1cc(C[C@@H](C[C@H](N)C(=O)N[C@H](C)[C@H](O)c2ccccc2)C(C)C)ccc1OC. The van der Waals surface area contributed by atoms with Gasteiger partial charge in [0.25, 0.3) is 0 Å². The number of methoxy groups -OCH3 is 2. The molecule has 2 aromatic carbocycles. The van der Waals surface area contributed by atoms with E-state index in [1.807, 2.05) is 48.5 Å². The summed E-state index contributed by atoms with van der Waals surface area (Å²) in [5.41, 5.74) is 8.18. The molecule has 0 fully saturated rings. The van der Waals surface area contributed by atoms with Crippen LogP contribution in [-0.4, -0.2) is 50.5 Å². The Morgan fingerprint density at radius 1 is 1.03 bits per heavy atom. The highest BCUT2D eigenvalue weighted by Crippen LogP contribution is 2.31. The molecule has 2 rings (SSSR count). The van der Waals surface area contributed by atoms with Gasteiger partial charge in [-0.15, -0.1) is 0 Å². The zero-order chi connectivity index (χ0) is 25.8. The van der Waals surface area contributed by atoms with E-state index in [2.05, 4.69) is 19.2 Å². The maximum Gasteiger partial charge on any atom is 0.237 e. The van der Waals surface area contributed by atoms with Crippen LogP contribution in [0, 0.1) is 11.8 Å². The molecular formula is C28H42N2O5. The first kappa shape index (κ1) is 28.6. The number of aliphatic hydroxyl groups excluding tert-OH is 1. The summed E-state index contributed by atoms with van der Waals surface area (Å²) >= 11 is 0. The van der Waals surface area contributed by atoms with Crippen LogP contribution in [0.5, 0.6) is 11.5 Å². The monoisotopic (exact) mass is 486 g/mol. The van der Waals surface area contributed by atoms with E-state index in [1.54, 1.807) is 21.1 Å². The van der Waals surface area contributed by atoms with Crippen molar-refractivity contribution in [3.8, 4) is 11.5 Å². The third-order valence-electron chi connectivity index (χ3n) is 6.30. The predicted molar refractivity (Wildman–Crippen MR) is 139 cm³/mol. The molecule has 7 heteroatoms. The number of aliphatic hydroxyl groups is 1. The van der Waals surface area contributed by atoms with Gasteiger partial charge in [-0.2, -0.15) is 0 Å². The lowest BCUT2D eigenvalue weighted by Crippen LogP contribution is -2.47. The normalized spacial score (nSPS) is 14.7. The van der Waals surface area contributed by atoms with E-state index in [-0.39, 0.29) is 11.8 Å². The van der Waals surface area contributed by atoms with Gasteiger partial charge in [0.1, 0.15) is 0 Å². The summed E-state index contributed by atoms with van der Waals surface area (Å²) < 4.78 is 16.4. The van der Waals surface area contributed by atoms with E-state index in [4.69, 9.17) is 19.9 Å². The molecule has 4 atom stereocenters. The fourth-order valence-electron chi connectivity index (χ4n) is 4.02. The van der Waals surface area contributed by atoms with Gasteiger partial charge in [-0.25, -0.2) is 0 Å². The van der Waals surface area contributed by atoms with Gasteiger partial charge in [0, 0.05) is 20.1 Å². The maximum absolute atomic E-state index is 12.8. The molecule has 194 valence electrons. The Morgan fingerprint density at radius 3 is 2.37 bits per heavy atom. The summed E-state index contributed by atoms with van der Waals surface area (Å²) in [6, 6.07) is 14.1. The summed E-state index contributed by atoms with van der Waals surface area (Å²) in [4.78, 5) is 12.8. The topological polar surface area (TPSA) is 103 Å². The zero-order valence-electron chi connectivity index (χ0n) is 21.7. The van der Waals surface area contributed by atoms with Crippen LogP contribution in [0.4, 0.5) is 0 Å². The Morgan fingerprint density at radius 2 is 1.74 bits per heavy atom. The highest BCUT2D eigenvalue weighted by atomic mass is 16.5. The molecule has 0 aliphatic rings. The first-order valence-corrected chi connectivity index (χ1v) is 12.3. The average molecular weight is 487 g/mol. The summed E-state index contributed by atoms with van der Waals surface area (Å²) in [6.45, 7) is 7.25. The lowest BCUT2D eigenvalue weighted by atomic mass is 9.84. The second-order valence-corrected chi connectivity index (χ2v) is 9.38. The molecule has 0 saturated heterocycles. The second kappa shape index (κ2) is 14.7. The van der Waals surface area contributed by atoms with E-state index in [0.717, 1.165) is 24.0 Å². The second-order valence-electron chi connectivity index (χ2n) is 9.38. The number of nitrogens with one attached hydrogen (secondary N) is 1. The van der Waals surface area contributed by atoms with Gasteiger partial charge in [-0.3, -0.25) is 4.79 Å². The van der Waals surface area contributed by atoms with Gasteiger partial charge >= 0.3 is 0 Å². The molecule has 35 heavy (non-hydrogen) atoms. The number of carbonyl (C=O) groups is 1. The highest BCUT2D eigenvalue weighted by molar-refractivity contribution is 5.81. The largest absolute Gasteiger partial charge is 0.493 e. The van der Waals surface area contributed by atoms with Crippen molar-refractivity contribution in [2.75, 3.05) is 27.4 Å². The van der Waals surface area contributed by atoms with Gasteiger partial charge < -0.3 is 30.4 Å². The number of ether oxygens (including phenoxy) is 3. The van der Waals surface area contributed by atoms with E-state index in [0.29, 0.717) is 37.1 Å². The molecule has 7 nitrogen and oxygen atoms in total. The molecule has 4 N–H and O–H groups in total. The number of hydrogen-bond donors (Lipinski definition) is 3. The Balaban J connectivity index is 2.00. The molecular weight excluding hydrogens is 444 g/mol. The molecule has 0 radical (unpaired) electrons. The minimum atomic E-state index is -0.796. The van der Waals surface area contributed by atoms with Crippen molar-refractivity contribution in [2.45, 2.75) is 58.2 Å². The lowest BCUT2D eigenvalue weighted by molar-refractivity contribution is -0.124. The number of benzene rings is 2. The van der Waals surface area contributed by atoms with E-state index in [1.165, 1.54) is 0 Å². The number of rotatable bonds is 15. The first-order valence-electron chi connectivity index (χ1n) is 12.3. The molecule has 0 aliphatic carbocycles. The van der Waals surface area contributed by atoms with Crippen LogP contribution in [0.2, 0.25) is 0 Å². The van der Waals surface area contributed by atoms with Crippen LogP contribution in [0.15, 0.2) is 48.5 Å². The fourth-order valence-corrected chi connectivity index (χ4v) is 4.02. The Kier molecular flexibility index (Phi) is 12.0. The van der Waals surface area contributed by atoms with E-state index >= 15 is 0 Å². The van der Waals surface area contributed by atoms with Gasteiger partial charge in [-0.05, 0) is 54.9 Å². The van der Waals surface area contributed by atoms with Crippen LogP contribution in [0.3, 0.4) is 0 Å². The van der Waals surface area contributed by atoms with Crippen molar-refractivity contribution >= 4 is 5.91 Å². The lowest BCUT2D eigenvalue weighted by Gasteiger charge is -2.26. The van der Waals surface area contributed by atoms with Crippen molar-refractivity contribution < 1.29 is 24.1 Å². The van der Waals surface area contributed by atoms with Crippen molar-refractivity contribution in [3.63, 3.8) is 0 Å². The van der Waals surface area contributed by atoms with E-state index < -0.39 is 18.2 Å². The van der Waals surface area contributed by atoms with E-state index in [9.17, 15) is 9.90 Å². The number of hydrogen-bond acceptors (Lipinski definition) is 6. The smallest absolute Gasteiger partial charge is 0.237 e. The zero-order valence-corrected chi connectivity index (χ0v) is 21.7. The summed E-state index contributed by atoms with van der Waals surface area (Å²) in [5, 5.41) is 13.4. The quantitative estimate of drug-likeness (QED) is 0.330. The molecule has 0 unspecified atom stereocenters. The van der Waals surface area contributed by atoms with Crippen LogP contribution in [-0.2, 0) is 16.0 Å². The third kappa shape index (κ3) is 9.17. The minimum absolute atomic E-state index is 0.194. The summed E-state index contributed by atoms with van der Waals surface area (Å²) in [7, 11) is 3.30. The predicted octanol–water partition coefficient (Wildman–Crippen LogP) is 3.88. The van der Waals surface area contributed by atoms with Crippen LogP contribution >= 0.6 is 0 Å². The number of nitrogens with two attached hydrogens (primary N) is 1. The minimum Gasteiger partial charge on any atom is -0.493 e.